The van der Waals surface area contributed by atoms with Gasteiger partial charge in [0.15, 0.2) is 0 Å². The second kappa shape index (κ2) is 3.73. The molecule has 1 aliphatic carbocycles. The fourth-order valence-corrected chi connectivity index (χ4v) is 2.22. The van der Waals surface area contributed by atoms with Gasteiger partial charge in [-0.15, -0.1) is 0 Å². The zero-order valence-electron chi connectivity index (χ0n) is 8.74. The Hall–Kier alpha value is -0.830. The van der Waals surface area contributed by atoms with Gasteiger partial charge in [0.05, 0.1) is 17.8 Å². The van der Waals surface area contributed by atoms with Crippen molar-refractivity contribution in [2.24, 2.45) is 0 Å². The number of rotatable bonds is 2. The Kier molecular flexibility index (Phi) is 2.59. The predicted molar refractivity (Wildman–Crippen MR) is 55.0 cm³/mol. The van der Waals surface area contributed by atoms with Gasteiger partial charge in [0, 0.05) is 6.20 Å². The van der Waals surface area contributed by atoms with Crippen molar-refractivity contribution in [3.05, 3.63) is 18.0 Å². The minimum atomic E-state index is -0.503. The first kappa shape index (κ1) is 9.71. The van der Waals surface area contributed by atoms with E-state index in [-0.39, 0.29) is 0 Å². The molecule has 14 heavy (non-hydrogen) atoms. The highest BCUT2D eigenvalue weighted by molar-refractivity contribution is 4.96. The van der Waals surface area contributed by atoms with E-state index in [4.69, 9.17) is 0 Å². The van der Waals surface area contributed by atoms with Crippen LogP contribution >= 0.6 is 0 Å². The van der Waals surface area contributed by atoms with Crippen LogP contribution in [0.15, 0.2) is 12.3 Å². The summed E-state index contributed by atoms with van der Waals surface area (Å²) in [5.74, 6) is 0. The van der Waals surface area contributed by atoms with Crippen molar-refractivity contribution in [2.75, 3.05) is 0 Å². The number of hydrogen-bond acceptors (Lipinski definition) is 2. The van der Waals surface area contributed by atoms with Crippen LogP contribution in [0.25, 0.3) is 0 Å². The molecule has 3 heteroatoms. The molecule has 0 aliphatic heterocycles. The molecule has 0 amide bonds. The maximum Gasteiger partial charge on any atom is 0.0842 e. The highest BCUT2D eigenvalue weighted by Crippen LogP contribution is 2.29. The van der Waals surface area contributed by atoms with Gasteiger partial charge >= 0.3 is 0 Å². The Labute approximate surface area is 84.7 Å². The molecule has 3 nitrogen and oxygen atoms in total. The van der Waals surface area contributed by atoms with Crippen molar-refractivity contribution in [1.29, 1.82) is 0 Å². The first-order valence-corrected chi connectivity index (χ1v) is 5.40. The molecule has 0 radical (unpaired) electrons. The van der Waals surface area contributed by atoms with E-state index < -0.39 is 5.60 Å². The Morgan fingerprint density at radius 3 is 2.71 bits per heavy atom. The lowest BCUT2D eigenvalue weighted by Gasteiger charge is -2.31. The lowest BCUT2D eigenvalue weighted by atomic mass is 9.85. The Bertz CT molecular complexity index is 300. The Morgan fingerprint density at radius 1 is 1.43 bits per heavy atom. The molecule has 1 aliphatic rings. The summed E-state index contributed by atoms with van der Waals surface area (Å²) >= 11 is 0. The normalized spacial score (nSPS) is 21.0. The molecule has 0 unspecified atom stereocenters. The van der Waals surface area contributed by atoms with Crippen LogP contribution < -0.4 is 0 Å². The summed E-state index contributed by atoms with van der Waals surface area (Å²) in [4.78, 5) is 0. The van der Waals surface area contributed by atoms with Crippen molar-refractivity contribution in [3.8, 4) is 0 Å². The molecular formula is C11H18N2O. The minimum Gasteiger partial charge on any atom is -0.388 e. The third-order valence-corrected chi connectivity index (χ3v) is 3.01. The molecule has 1 fully saturated rings. The lowest BCUT2D eigenvalue weighted by molar-refractivity contribution is -0.0143. The van der Waals surface area contributed by atoms with E-state index in [9.17, 15) is 5.11 Å². The predicted octanol–water partition coefficient (Wildman–Crippen LogP) is 1.89. The summed E-state index contributed by atoms with van der Waals surface area (Å²) in [6, 6.07) is 1.98. The van der Waals surface area contributed by atoms with Crippen LogP contribution in [-0.4, -0.2) is 20.5 Å². The summed E-state index contributed by atoms with van der Waals surface area (Å²) in [5.41, 5.74) is 0.515. The van der Waals surface area contributed by atoms with Crippen molar-refractivity contribution in [2.45, 2.75) is 51.2 Å². The molecule has 0 spiro atoms. The molecule has 2 rings (SSSR count). The molecule has 1 N–H and O–H groups in total. The van der Waals surface area contributed by atoms with Gasteiger partial charge in [0.25, 0.3) is 0 Å². The summed E-state index contributed by atoms with van der Waals surface area (Å²) in [5, 5.41) is 14.6. The van der Waals surface area contributed by atoms with Crippen LogP contribution in [-0.2, 0) is 6.54 Å². The average Bonchev–Trinajstić information content (AvgIpc) is 2.51. The van der Waals surface area contributed by atoms with Crippen LogP contribution in [0, 0.1) is 6.92 Å². The molecule has 0 atom stereocenters. The van der Waals surface area contributed by atoms with E-state index in [1.165, 1.54) is 6.42 Å². The van der Waals surface area contributed by atoms with Crippen molar-refractivity contribution in [1.82, 2.24) is 9.78 Å². The van der Waals surface area contributed by atoms with Crippen molar-refractivity contribution < 1.29 is 5.11 Å². The number of aromatic nitrogens is 2. The van der Waals surface area contributed by atoms with Crippen molar-refractivity contribution in [3.63, 3.8) is 0 Å². The van der Waals surface area contributed by atoms with E-state index in [0.717, 1.165) is 31.4 Å². The molecule has 1 saturated carbocycles. The third kappa shape index (κ3) is 2.15. The van der Waals surface area contributed by atoms with E-state index in [0.29, 0.717) is 6.54 Å². The SMILES string of the molecule is Cc1ccn(CC2(O)CCCCC2)n1. The van der Waals surface area contributed by atoms with E-state index in [2.05, 4.69) is 5.10 Å². The van der Waals surface area contributed by atoms with E-state index >= 15 is 0 Å². The first-order valence-electron chi connectivity index (χ1n) is 5.40. The number of nitrogens with zero attached hydrogens (tertiary/aromatic N) is 2. The third-order valence-electron chi connectivity index (χ3n) is 3.01. The second-order valence-corrected chi connectivity index (χ2v) is 4.44. The monoisotopic (exact) mass is 194 g/mol. The quantitative estimate of drug-likeness (QED) is 0.780. The van der Waals surface area contributed by atoms with Crippen LogP contribution in [0.2, 0.25) is 0 Å². The Morgan fingerprint density at radius 2 is 2.14 bits per heavy atom. The van der Waals surface area contributed by atoms with Gasteiger partial charge < -0.3 is 5.11 Å². The molecule has 1 aromatic heterocycles. The molecule has 1 heterocycles. The van der Waals surface area contributed by atoms with E-state index in [1.807, 2.05) is 23.9 Å². The molecular weight excluding hydrogens is 176 g/mol. The highest BCUT2D eigenvalue weighted by Gasteiger charge is 2.29. The largest absolute Gasteiger partial charge is 0.388 e. The lowest BCUT2D eigenvalue weighted by Crippen LogP contribution is -2.36. The summed E-state index contributed by atoms with van der Waals surface area (Å²) in [6.07, 6.45) is 7.35. The highest BCUT2D eigenvalue weighted by atomic mass is 16.3. The number of aliphatic hydroxyl groups is 1. The van der Waals surface area contributed by atoms with Crippen molar-refractivity contribution >= 4 is 0 Å². The summed E-state index contributed by atoms with van der Waals surface area (Å²) < 4.78 is 1.86. The second-order valence-electron chi connectivity index (χ2n) is 4.44. The fourth-order valence-electron chi connectivity index (χ4n) is 2.22. The first-order chi connectivity index (χ1) is 6.68. The molecule has 0 aromatic carbocycles. The zero-order valence-corrected chi connectivity index (χ0v) is 8.74. The summed E-state index contributed by atoms with van der Waals surface area (Å²) in [7, 11) is 0. The zero-order chi connectivity index (χ0) is 10.0. The average molecular weight is 194 g/mol. The maximum absolute atomic E-state index is 10.3. The molecule has 1 aromatic rings. The van der Waals surface area contributed by atoms with Gasteiger partial charge in [0.1, 0.15) is 0 Å². The van der Waals surface area contributed by atoms with Gasteiger partial charge in [-0.2, -0.15) is 5.10 Å². The maximum atomic E-state index is 10.3. The van der Waals surface area contributed by atoms with Gasteiger partial charge in [-0.05, 0) is 25.8 Å². The topological polar surface area (TPSA) is 38.0 Å². The van der Waals surface area contributed by atoms with Gasteiger partial charge in [-0.1, -0.05) is 19.3 Å². The minimum absolute atomic E-state index is 0.503. The Balaban J connectivity index is 2.01. The van der Waals surface area contributed by atoms with Crippen LogP contribution in [0.4, 0.5) is 0 Å². The van der Waals surface area contributed by atoms with Gasteiger partial charge in [-0.3, -0.25) is 4.68 Å². The van der Waals surface area contributed by atoms with Crippen LogP contribution in [0.1, 0.15) is 37.8 Å². The number of aryl methyl sites for hydroxylation is 1. The molecule has 0 bridgehead atoms. The van der Waals surface area contributed by atoms with Gasteiger partial charge in [0.2, 0.25) is 0 Å². The molecule has 0 saturated heterocycles. The van der Waals surface area contributed by atoms with Crippen LogP contribution in [0.3, 0.4) is 0 Å². The summed E-state index contributed by atoms with van der Waals surface area (Å²) in [6.45, 7) is 2.63. The fraction of sp³-hybridized carbons (Fsp3) is 0.727. The number of hydrogen-bond donors (Lipinski definition) is 1. The van der Waals surface area contributed by atoms with Crippen LogP contribution in [0.5, 0.6) is 0 Å². The van der Waals surface area contributed by atoms with E-state index in [1.54, 1.807) is 0 Å². The van der Waals surface area contributed by atoms with Gasteiger partial charge in [-0.25, -0.2) is 0 Å². The standard InChI is InChI=1S/C11H18N2O/c1-10-5-8-13(12-10)9-11(14)6-3-2-4-7-11/h5,8,14H,2-4,6-7,9H2,1H3. The smallest absolute Gasteiger partial charge is 0.0842 e. The molecule has 78 valence electrons.